The van der Waals surface area contributed by atoms with Crippen molar-refractivity contribution >= 4 is 22.6 Å². The lowest BCUT2D eigenvalue weighted by atomic mass is 9.94. The van der Waals surface area contributed by atoms with E-state index in [4.69, 9.17) is 10.5 Å². The highest BCUT2D eigenvalue weighted by Gasteiger charge is 2.40. The summed E-state index contributed by atoms with van der Waals surface area (Å²) in [6, 6.07) is 30.9. The van der Waals surface area contributed by atoms with Gasteiger partial charge in [-0.1, -0.05) is 84.9 Å². The van der Waals surface area contributed by atoms with Gasteiger partial charge in [-0.2, -0.15) is 0 Å². The van der Waals surface area contributed by atoms with Crippen molar-refractivity contribution in [2.75, 3.05) is 6.54 Å². The van der Waals surface area contributed by atoms with Gasteiger partial charge in [0, 0.05) is 13.0 Å². The fourth-order valence-electron chi connectivity index (χ4n) is 5.24. The van der Waals surface area contributed by atoms with E-state index in [9.17, 15) is 9.59 Å². The number of nitrogens with one attached hydrogen (secondary N) is 1. The second-order valence-corrected chi connectivity index (χ2v) is 10.1. The molecule has 6 heteroatoms. The number of unbranched alkanes of at least 4 members (excludes halogenated alkanes) is 1. The minimum Gasteiger partial charge on any atom is -0.489 e. The molecule has 0 saturated carbocycles. The van der Waals surface area contributed by atoms with E-state index in [2.05, 4.69) is 23.5 Å². The summed E-state index contributed by atoms with van der Waals surface area (Å²) in [5, 5.41) is 5.25. The van der Waals surface area contributed by atoms with E-state index < -0.39 is 12.1 Å². The molecule has 200 valence electrons. The maximum Gasteiger partial charge on any atom is 0.246 e. The van der Waals surface area contributed by atoms with Crippen LogP contribution >= 0.6 is 0 Å². The summed E-state index contributed by atoms with van der Waals surface area (Å²) in [5.41, 5.74) is 8.81. The minimum absolute atomic E-state index is 0.0512. The predicted octanol–water partition coefficient (Wildman–Crippen LogP) is 4.99. The van der Waals surface area contributed by atoms with E-state index in [1.807, 2.05) is 78.9 Å². The van der Waals surface area contributed by atoms with Crippen LogP contribution in [0.4, 0.5) is 0 Å². The number of amides is 2. The number of nitrogens with two attached hydrogens (primary N) is 1. The predicted molar refractivity (Wildman–Crippen MR) is 154 cm³/mol. The Morgan fingerprint density at radius 3 is 2.33 bits per heavy atom. The van der Waals surface area contributed by atoms with Crippen LogP contribution in [0, 0.1) is 0 Å². The summed E-state index contributed by atoms with van der Waals surface area (Å²) in [4.78, 5) is 28.9. The zero-order valence-electron chi connectivity index (χ0n) is 22.1. The van der Waals surface area contributed by atoms with E-state index in [0.29, 0.717) is 32.5 Å². The van der Waals surface area contributed by atoms with Crippen molar-refractivity contribution in [3.8, 4) is 5.75 Å². The van der Waals surface area contributed by atoms with Gasteiger partial charge in [-0.25, -0.2) is 0 Å². The molecule has 2 amide bonds. The largest absolute Gasteiger partial charge is 0.489 e. The zero-order valence-corrected chi connectivity index (χ0v) is 22.1. The molecular formula is C33H35N3O3. The van der Waals surface area contributed by atoms with Crippen molar-refractivity contribution in [3.63, 3.8) is 0 Å². The highest BCUT2D eigenvalue weighted by Crippen LogP contribution is 2.25. The van der Waals surface area contributed by atoms with Gasteiger partial charge in [0.2, 0.25) is 11.8 Å². The summed E-state index contributed by atoms with van der Waals surface area (Å²) in [7, 11) is 0. The Kier molecular flexibility index (Phi) is 8.54. The normalized spacial score (nSPS) is 17.3. The molecule has 1 aliphatic heterocycles. The van der Waals surface area contributed by atoms with Crippen LogP contribution in [0.1, 0.15) is 36.0 Å². The number of hydrogen-bond acceptors (Lipinski definition) is 4. The molecule has 39 heavy (non-hydrogen) atoms. The van der Waals surface area contributed by atoms with E-state index >= 15 is 0 Å². The first-order chi connectivity index (χ1) is 19.1. The van der Waals surface area contributed by atoms with Gasteiger partial charge in [0.1, 0.15) is 24.4 Å². The zero-order chi connectivity index (χ0) is 27.0. The smallest absolute Gasteiger partial charge is 0.246 e. The van der Waals surface area contributed by atoms with Gasteiger partial charge in [0.05, 0.1) is 0 Å². The molecule has 6 nitrogen and oxygen atoms in total. The molecule has 0 aliphatic carbocycles. The average Bonchev–Trinajstić information content (AvgIpc) is 2.97. The quantitative estimate of drug-likeness (QED) is 0.273. The van der Waals surface area contributed by atoms with Crippen molar-refractivity contribution in [2.45, 2.75) is 50.9 Å². The van der Waals surface area contributed by atoms with Crippen molar-refractivity contribution in [3.05, 3.63) is 114 Å². The van der Waals surface area contributed by atoms with Gasteiger partial charge in [0.15, 0.2) is 0 Å². The number of ether oxygens (including phenoxy) is 1. The Labute approximate surface area is 229 Å². The lowest BCUT2D eigenvalue weighted by molar-refractivity contribution is -0.150. The summed E-state index contributed by atoms with van der Waals surface area (Å²) in [6.45, 7) is 1.42. The molecule has 1 saturated heterocycles. The van der Waals surface area contributed by atoms with Crippen LogP contribution in [0.25, 0.3) is 10.8 Å². The monoisotopic (exact) mass is 521 g/mol. The molecule has 1 aliphatic rings. The summed E-state index contributed by atoms with van der Waals surface area (Å²) in [6.07, 6.45) is 2.65. The molecule has 1 heterocycles. The van der Waals surface area contributed by atoms with E-state index in [0.717, 1.165) is 46.1 Å². The van der Waals surface area contributed by atoms with Gasteiger partial charge in [-0.3, -0.25) is 9.59 Å². The van der Waals surface area contributed by atoms with Crippen molar-refractivity contribution in [1.82, 2.24) is 10.2 Å². The molecule has 2 atom stereocenters. The fraction of sp³-hybridized carbons (Fsp3) is 0.273. The number of piperazine rings is 1. The molecule has 5 rings (SSSR count). The summed E-state index contributed by atoms with van der Waals surface area (Å²) >= 11 is 0. The van der Waals surface area contributed by atoms with Gasteiger partial charge in [-0.15, -0.1) is 0 Å². The molecular weight excluding hydrogens is 486 g/mol. The van der Waals surface area contributed by atoms with Crippen molar-refractivity contribution in [2.24, 2.45) is 5.73 Å². The van der Waals surface area contributed by atoms with Gasteiger partial charge >= 0.3 is 0 Å². The fourth-order valence-corrected chi connectivity index (χ4v) is 5.24. The van der Waals surface area contributed by atoms with E-state index in [-0.39, 0.29) is 11.8 Å². The number of nitrogens with zero attached hydrogens (tertiary/aromatic N) is 1. The Bertz CT molecular complexity index is 1400. The third-order valence-electron chi connectivity index (χ3n) is 7.34. The molecule has 4 aromatic rings. The van der Waals surface area contributed by atoms with E-state index in [1.165, 1.54) is 0 Å². The Hall–Kier alpha value is -4.16. The number of carbonyl (C=O) groups excluding carboxylic acids is 2. The lowest BCUT2D eigenvalue weighted by Gasteiger charge is -2.39. The first-order valence-corrected chi connectivity index (χ1v) is 13.7. The van der Waals surface area contributed by atoms with Crippen molar-refractivity contribution < 1.29 is 14.3 Å². The molecule has 0 aromatic heterocycles. The minimum atomic E-state index is -0.609. The van der Waals surface area contributed by atoms with E-state index in [1.54, 1.807) is 4.90 Å². The van der Waals surface area contributed by atoms with Crippen LogP contribution in [-0.2, 0) is 29.2 Å². The first-order valence-electron chi connectivity index (χ1n) is 13.7. The first kappa shape index (κ1) is 26.4. The standard InChI is InChI=1S/C33H35N3O3/c34-20-7-6-15-31-32(37)35-30(21-27-13-8-12-26-11-4-5-14-29(26)27)33(38)36(31)22-24-16-18-28(19-17-24)39-23-25-9-2-1-3-10-25/h1-5,8-14,16-19,30-31H,6-7,15,20-23,34H2,(H,35,37). The number of rotatable bonds is 11. The third-order valence-corrected chi connectivity index (χ3v) is 7.34. The molecule has 2 unspecified atom stereocenters. The Morgan fingerprint density at radius 1 is 0.795 bits per heavy atom. The second kappa shape index (κ2) is 12.6. The van der Waals surface area contributed by atoms with Crippen LogP contribution in [0.3, 0.4) is 0 Å². The maximum atomic E-state index is 13.8. The van der Waals surface area contributed by atoms with Crippen LogP contribution in [0.5, 0.6) is 5.75 Å². The number of hydrogen-bond donors (Lipinski definition) is 2. The Balaban J connectivity index is 1.32. The molecule has 4 aromatic carbocycles. The van der Waals surface area contributed by atoms with Gasteiger partial charge < -0.3 is 20.7 Å². The molecule has 0 bridgehead atoms. The number of carbonyl (C=O) groups is 2. The second-order valence-electron chi connectivity index (χ2n) is 10.1. The Morgan fingerprint density at radius 2 is 1.54 bits per heavy atom. The lowest BCUT2D eigenvalue weighted by Crippen LogP contribution is -2.63. The highest BCUT2D eigenvalue weighted by atomic mass is 16.5. The van der Waals surface area contributed by atoms with Gasteiger partial charge in [0.25, 0.3) is 0 Å². The third kappa shape index (κ3) is 6.47. The topological polar surface area (TPSA) is 84.7 Å². The molecule has 0 radical (unpaired) electrons. The van der Waals surface area contributed by atoms with Crippen LogP contribution < -0.4 is 15.8 Å². The van der Waals surface area contributed by atoms with Crippen molar-refractivity contribution in [1.29, 1.82) is 0 Å². The van der Waals surface area contributed by atoms with Crippen LogP contribution in [0.2, 0.25) is 0 Å². The van der Waals surface area contributed by atoms with Crippen LogP contribution in [-0.4, -0.2) is 35.3 Å². The average molecular weight is 522 g/mol. The highest BCUT2D eigenvalue weighted by molar-refractivity contribution is 5.97. The molecule has 0 spiro atoms. The van der Waals surface area contributed by atoms with Gasteiger partial charge in [-0.05, 0) is 65.4 Å². The van der Waals surface area contributed by atoms with Crippen LogP contribution in [0.15, 0.2) is 97.1 Å². The summed E-state index contributed by atoms with van der Waals surface area (Å²) < 4.78 is 5.92. The molecule has 3 N–H and O–H groups in total. The molecule has 1 fully saturated rings. The maximum absolute atomic E-state index is 13.8. The SMILES string of the molecule is NCCCCC1C(=O)NC(Cc2cccc3ccccc23)C(=O)N1Cc1ccc(OCc2ccccc2)cc1. The number of fused-ring (bicyclic) bond motifs is 1. The number of benzene rings is 4. The summed E-state index contributed by atoms with van der Waals surface area (Å²) in [5.74, 6) is 0.614.